The van der Waals surface area contributed by atoms with Gasteiger partial charge in [-0.15, -0.1) is 0 Å². The zero-order chi connectivity index (χ0) is 15.8. The molecule has 0 heterocycles. The Balaban J connectivity index is 2.76. The SMILES string of the molecule is CC(C)C(C)NC(=O)N(CCCC(=O)O)c1ccccc1. The first-order valence-electron chi connectivity index (χ1n) is 7.26. The predicted octanol–water partition coefficient (Wildman–Crippen LogP) is 3.11. The van der Waals surface area contributed by atoms with Gasteiger partial charge in [0.25, 0.3) is 0 Å². The molecule has 0 saturated heterocycles. The zero-order valence-electron chi connectivity index (χ0n) is 12.9. The van der Waals surface area contributed by atoms with Crippen molar-refractivity contribution in [3.63, 3.8) is 0 Å². The van der Waals surface area contributed by atoms with Crippen LogP contribution in [0.3, 0.4) is 0 Å². The molecule has 116 valence electrons. The molecule has 1 aromatic carbocycles. The van der Waals surface area contributed by atoms with Gasteiger partial charge in [0, 0.05) is 24.7 Å². The number of para-hydroxylation sites is 1. The number of anilines is 1. The molecule has 1 rings (SSSR count). The maximum absolute atomic E-state index is 12.4. The lowest BCUT2D eigenvalue weighted by atomic mass is 10.1. The van der Waals surface area contributed by atoms with E-state index in [1.807, 2.05) is 51.1 Å². The summed E-state index contributed by atoms with van der Waals surface area (Å²) in [6.07, 6.45) is 0.476. The Morgan fingerprint density at radius 3 is 2.33 bits per heavy atom. The number of rotatable bonds is 7. The van der Waals surface area contributed by atoms with Crippen LogP contribution in [-0.4, -0.2) is 29.7 Å². The van der Waals surface area contributed by atoms with E-state index < -0.39 is 5.97 Å². The van der Waals surface area contributed by atoms with Gasteiger partial charge in [-0.1, -0.05) is 32.0 Å². The molecule has 5 nitrogen and oxygen atoms in total. The molecule has 5 heteroatoms. The van der Waals surface area contributed by atoms with Crippen LogP contribution in [0.2, 0.25) is 0 Å². The second kappa shape index (κ2) is 8.29. The van der Waals surface area contributed by atoms with E-state index in [-0.39, 0.29) is 18.5 Å². The predicted molar refractivity (Wildman–Crippen MR) is 83.5 cm³/mol. The molecule has 1 aromatic rings. The molecule has 0 aromatic heterocycles. The third-order valence-electron chi connectivity index (χ3n) is 3.44. The van der Waals surface area contributed by atoms with E-state index >= 15 is 0 Å². The summed E-state index contributed by atoms with van der Waals surface area (Å²) in [5, 5.41) is 11.7. The van der Waals surface area contributed by atoms with E-state index in [0.717, 1.165) is 5.69 Å². The van der Waals surface area contributed by atoms with Gasteiger partial charge in [-0.25, -0.2) is 4.79 Å². The number of nitrogens with one attached hydrogen (secondary N) is 1. The lowest BCUT2D eigenvalue weighted by Crippen LogP contribution is -2.46. The molecule has 0 aliphatic carbocycles. The van der Waals surface area contributed by atoms with Crippen molar-refractivity contribution in [2.24, 2.45) is 5.92 Å². The second-order valence-electron chi connectivity index (χ2n) is 5.47. The normalized spacial score (nSPS) is 12.0. The van der Waals surface area contributed by atoms with Crippen LogP contribution >= 0.6 is 0 Å². The molecule has 2 N–H and O–H groups in total. The quantitative estimate of drug-likeness (QED) is 0.811. The second-order valence-corrected chi connectivity index (χ2v) is 5.47. The zero-order valence-corrected chi connectivity index (χ0v) is 12.9. The first-order chi connectivity index (χ1) is 9.91. The molecule has 0 radical (unpaired) electrons. The number of carboxylic acids is 1. The van der Waals surface area contributed by atoms with Crippen LogP contribution in [0.5, 0.6) is 0 Å². The van der Waals surface area contributed by atoms with E-state index in [4.69, 9.17) is 5.11 Å². The number of carbonyl (C=O) groups excluding carboxylic acids is 1. The van der Waals surface area contributed by atoms with Gasteiger partial charge in [0.05, 0.1) is 0 Å². The van der Waals surface area contributed by atoms with Crippen LogP contribution in [0.15, 0.2) is 30.3 Å². The van der Waals surface area contributed by atoms with Crippen molar-refractivity contribution in [3.8, 4) is 0 Å². The van der Waals surface area contributed by atoms with E-state index in [0.29, 0.717) is 18.9 Å². The summed E-state index contributed by atoms with van der Waals surface area (Å²) >= 11 is 0. The maximum atomic E-state index is 12.4. The van der Waals surface area contributed by atoms with Gasteiger partial charge in [0.2, 0.25) is 0 Å². The van der Waals surface area contributed by atoms with E-state index in [1.165, 1.54) is 0 Å². The van der Waals surface area contributed by atoms with Crippen molar-refractivity contribution in [1.29, 1.82) is 0 Å². The molecule has 2 amide bonds. The van der Waals surface area contributed by atoms with E-state index in [9.17, 15) is 9.59 Å². The Bertz CT molecular complexity index is 460. The monoisotopic (exact) mass is 292 g/mol. The van der Waals surface area contributed by atoms with Crippen LogP contribution in [-0.2, 0) is 4.79 Å². The van der Waals surface area contributed by atoms with Gasteiger partial charge < -0.3 is 10.4 Å². The maximum Gasteiger partial charge on any atom is 0.322 e. The number of aliphatic carboxylic acids is 1. The number of carbonyl (C=O) groups is 2. The van der Waals surface area contributed by atoms with Crippen LogP contribution < -0.4 is 10.2 Å². The van der Waals surface area contributed by atoms with Crippen LogP contribution in [0, 0.1) is 5.92 Å². The van der Waals surface area contributed by atoms with Gasteiger partial charge in [-0.3, -0.25) is 9.69 Å². The van der Waals surface area contributed by atoms with Gasteiger partial charge in [-0.2, -0.15) is 0 Å². The largest absolute Gasteiger partial charge is 0.481 e. The minimum absolute atomic E-state index is 0.0519. The minimum Gasteiger partial charge on any atom is -0.481 e. The standard InChI is InChI=1S/C16H24N2O3/c1-12(2)13(3)17-16(21)18(11-7-10-15(19)20)14-8-5-4-6-9-14/h4-6,8-9,12-13H,7,10-11H2,1-3H3,(H,17,21)(H,19,20). The smallest absolute Gasteiger partial charge is 0.322 e. The number of amides is 2. The fourth-order valence-corrected chi connectivity index (χ4v) is 1.78. The summed E-state index contributed by atoms with van der Waals surface area (Å²) < 4.78 is 0. The fourth-order valence-electron chi connectivity index (χ4n) is 1.78. The third kappa shape index (κ3) is 5.85. The van der Waals surface area contributed by atoms with Crippen molar-refractivity contribution in [3.05, 3.63) is 30.3 Å². The Hall–Kier alpha value is -2.04. The third-order valence-corrected chi connectivity index (χ3v) is 3.44. The molecule has 0 fully saturated rings. The lowest BCUT2D eigenvalue weighted by molar-refractivity contribution is -0.137. The molecule has 0 aliphatic rings. The van der Waals surface area contributed by atoms with Gasteiger partial charge in [0.15, 0.2) is 0 Å². The Morgan fingerprint density at radius 2 is 1.81 bits per heavy atom. The van der Waals surface area contributed by atoms with Crippen LogP contribution in [0.1, 0.15) is 33.6 Å². The highest BCUT2D eigenvalue weighted by molar-refractivity contribution is 5.92. The average molecular weight is 292 g/mol. The molecule has 1 unspecified atom stereocenters. The van der Waals surface area contributed by atoms with Gasteiger partial charge in [-0.05, 0) is 31.4 Å². The highest BCUT2D eigenvalue weighted by Gasteiger charge is 2.18. The number of urea groups is 1. The first-order valence-corrected chi connectivity index (χ1v) is 7.26. The van der Waals surface area contributed by atoms with Crippen molar-refractivity contribution < 1.29 is 14.7 Å². The van der Waals surface area contributed by atoms with Crippen molar-refractivity contribution >= 4 is 17.7 Å². The summed E-state index contributed by atoms with van der Waals surface area (Å²) in [4.78, 5) is 24.6. The molecule has 0 bridgehead atoms. The summed E-state index contributed by atoms with van der Waals surface area (Å²) in [5.41, 5.74) is 0.774. The van der Waals surface area contributed by atoms with E-state index in [1.54, 1.807) is 4.90 Å². The van der Waals surface area contributed by atoms with Crippen LogP contribution in [0.4, 0.5) is 10.5 Å². The lowest BCUT2D eigenvalue weighted by Gasteiger charge is -2.26. The van der Waals surface area contributed by atoms with Crippen molar-refractivity contribution in [2.45, 2.75) is 39.7 Å². The summed E-state index contributed by atoms with van der Waals surface area (Å²) in [6.45, 7) is 6.43. The Kier molecular flexibility index (Phi) is 6.72. The van der Waals surface area contributed by atoms with Crippen molar-refractivity contribution in [1.82, 2.24) is 5.32 Å². The topological polar surface area (TPSA) is 69.6 Å². The fraction of sp³-hybridized carbons (Fsp3) is 0.500. The average Bonchev–Trinajstić information content (AvgIpc) is 2.43. The highest BCUT2D eigenvalue weighted by Crippen LogP contribution is 2.15. The molecule has 1 atom stereocenters. The molecule has 21 heavy (non-hydrogen) atoms. The molecular weight excluding hydrogens is 268 g/mol. The molecule has 0 saturated carbocycles. The number of hydrogen-bond acceptors (Lipinski definition) is 2. The summed E-state index contributed by atoms with van der Waals surface area (Å²) in [5.74, 6) is -0.510. The Morgan fingerprint density at radius 1 is 1.19 bits per heavy atom. The summed E-state index contributed by atoms with van der Waals surface area (Å²) in [6, 6.07) is 9.17. The van der Waals surface area contributed by atoms with Crippen LogP contribution in [0.25, 0.3) is 0 Å². The van der Waals surface area contributed by atoms with Gasteiger partial charge in [0.1, 0.15) is 0 Å². The molecule has 0 spiro atoms. The number of benzene rings is 1. The van der Waals surface area contributed by atoms with E-state index in [2.05, 4.69) is 5.32 Å². The minimum atomic E-state index is -0.848. The summed E-state index contributed by atoms with van der Waals surface area (Å²) in [7, 11) is 0. The van der Waals surface area contributed by atoms with Gasteiger partial charge >= 0.3 is 12.0 Å². The molecule has 0 aliphatic heterocycles. The van der Waals surface area contributed by atoms with Crippen molar-refractivity contribution in [2.75, 3.05) is 11.4 Å². The Labute approximate surface area is 126 Å². The highest BCUT2D eigenvalue weighted by atomic mass is 16.4. The number of carboxylic acid groups (broad SMARTS) is 1. The first kappa shape index (κ1) is 17.0. The molecular formula is C16H24N2O3. The number of nitrogens with zero attached hydrogens (tertiary/aromatic N) is 1. The number of hydrogen-bond donors (Lipinski definition) is 2.